The van der Waals surface area contributed by atoms with Gasteiger partial charge in [-0.15, -0.1) is 5.10 Å². The minimum Gasteiger partial charge on any atom is -0.444 e. The zero-order chi connectivity index (χ0) is 21.7. The Morgan fingerprint density at radius 2 is 1.87 bits per heavy atom. The summed E-state index contributed by atoms with van der Waals surface area (Å²) >= 11 is 0. The van der Waals surface area contributed by atoms with Gasteiger partial charge in [-0.2, -0.15) is 4.98 Å². The fourth-order valence-corrected chi connectivity index (χ4v) is 2.77. The van der Waals surface area contributed by atoms with Crippen molar-refractivity contribution < 1.29 is 9.53 Å². The van der Waals surface area contributed by atoms with Crippen molar-refractivity contribution in [1.29, 1.82) is 0 Å². The predicted molar refractivity (Wildman–Crippen MR) is 117 cm³/mol. The molecule has 30 heavy (non-hydrogen) atoms. The highest BCUT2D eigenvalue weighted by atomic mass is 16.6. The SMILES string of the molecule is Cc1cc(C)cc(Nc2n[nH]c(NCc3ccc(NC(=O)OC(C)(C)C)nc3)n2)c1. The maximum atomic E-state index is 11.8. The molecule has 0 aliphatic rings. The number of anilines is 4. The highest BCUT2D eigenvalue weighted by molar-refractivity contribution is 5.83. The average molecular weight is 409 g/mol. The van der Waals surface area contributed by atoms with E-state index in [1.54, 1.807) is 33.0 Å². The number of aryl methyl sites for hydroxylation is 2. The lowest BCUT2D eigenvalue weighted by atomic mass is 10.1. The molecule has 0 unspecified atom stereocenters. The van der Waals surface area contributed by atoms with Crippen molar-refractivity contribution in [3.8, 4) is 0 Å². The quantitative estimate of drug-likeness (QED) is 0.473. The molecule has 0 aliphatic heterocycles. The van der Waals surface area contributed by atoms with Gasteiger partial charge in [-0.3, -0.25) is 5.32 Å². The van der Waals surface area contributed by atoms with Crippen LogP contribution in [0, 0.1) is 13.8 Å². The maximum Gasteiger partial charge on any atom is 0.413 e. The van der Waals surface area contributed by atoms with Crippen LogP contribution in [0.15, 0.2) is 36.5 Å². The van der Waals surface area contributed by atoms with Crippen LogP contribution in [-0.2, 0) is 11.3 Å². The third-order valence-corrected chi connectivity index (χ3v) is 3.88. The summed E-state index contributed by atoms with van der Waals surface area (Å²) < 4.78 is 5.21. The van der Waals surface area contributed by atoms with E-state index >= 15 is 0 Å². The van der Waals surface area contributed by atoms with E-state index in [2.05, 4.69) is 42.2 Å². The van der Waals surface area contributed by atoms with E-state index in [1.807, 2.05) is 32.0 Å². The van der Waals surface area contributed by atoms with E-state index < -0.39 is 11.7 Å². The van der Waals surface area contributed by atoms with Gasteiger partial charge in [0.15, 0.2) is 0 Å². The molecule has 0 aliphatic carbocycles. The molecule has 0 bridgehead atoms. The van der Waals surface area contributed by atoms with Gasteiger partial charge in [0, 0.05) is 18.4 Å². The van der Waals surface area contributed by atoms with Gasteiger partial charge >= 0.3 is 6.09 Å². The van der Waals surface area contributed by atoms with Gasteiger partial charge in [0.2, 0.25) is 11.9 Å². The Morgan fingerprint density at radius 1 is 1.13 bits per heavy atom. The van der Waals surface area contributed by atoms with Gasteiger partial charge < -0.3 is 15.4 Å². The lowest BCUT2D eigenvalue weighted by Gasteiger charge is -2.19. The van der Waals surface area contributed by atoms with Crippen LogP contribution in [-0.4, -0.2) is 31.9 Å². The van der Waals surface area contributed by atoms with E-state index in [-0.39, 0.29) is 0 Å². The molecule has 9 heteroatoms. The van der Waals surface area contributed by atoms with Crippen LogP contribution >= 0.6 is 0 Å². The first-order valence-corrected chi connectivity index (χ1v) is 9.63. The second kappa shape index (κ2) is 8.81. The Morgan fingerprint density at radius 3 is 2.50 bits per heavy atom. The number of hydrogen-bond donors (Lipinski definition) is 4. The van der Waals surface area contributed by atoms with Crippen LogP contribution in [0.1, 0.15) is 37.5 Å². The van der Waals surface area contributed by atoms with Crippen LogP contribution < -0.4 is 16.0 Å². The number of pyridine rings is 1. The molecule has 0 radical (unpaired) electrons. The molecule has 4 N–H and O–H groups in total. The lowest BCUT2D eigenvalue weighted by Crippen LogP contribution is -2.27. The molecule has 0 fully saturated rings. The van der Waals surface area contributed by atoms with Gasteiger partial charge in [0.25, 0.3) is 0 Å². The summed E-state index contributed by atoms with van der Waals surface area (Å²) in [5.41, 5.74) is 3.64. The molecular formula is C21H27N7O2. The highest BCUT2D eigenvalue weighted by Crippen LogP contribution is 2.18. The zero-order valence-corrected chi connectivity index (χ0v) is 17.8. The number of carbonyl (C=O) groups excluding carboxylic acids is 1. The Labute approximate surface area is 175 Å². The fraction of sp³-hybridized carbons (Fsp3) is 0.333. The number of aromatic amines is 1. The molecular weight excluding hydrogens is 382 g/mol. The highest BCUT2D eigenvalue weighted by Gasteiger charge is 2.16. The zero-order valence-electron chi connectivity index (χ0n) is 17.8. The van der Waals surface area contributed by atoms with Crippen LogP contribution in [0.3, 0.4) is 0 Å². The van der Waals surface area contributed by atoms with Crippen molar-refractivity contribution in [2.45, 2.75) is 46.8 Å². The summed E-state index contributed by atoms with van der Waals surface area (Å²) in [6, 6.07) is 9.76. The number of benzene rings is 1. The molecule has 3 rings (SSSR count). The van der Waals surface area contributed by atoms with Gasteiger partial charge in [-0.05, 0) is 69.5 Å². The third kappa shape index (κ3) is 6.47. The van der Waals surface area contributed by atoms with Crippen molar-refractivity contribution in [3.63, 3.8) is 0 Å². The summed E-state index contributed by atoms with van der Waals surface area (Å²) in [7, 11) is 0. The average Bonchev–Trinajstić information content (AvgIpc) is 3.06. The second-order valence-electron chi connectivity index (χ2n) is 8.04. The third-order valence-electron chi connectivity index (χ3n) is 3.88. The molecule has 1 aromatic carbocycles. The first-order chi connectivity index (χ1) is 14.2. The molecule has 1 amide bonds. The molecule has 158 valence electrons. The smallest absolute Gasteiger partial charge is 0.413 e. The van der Waals surface area contributed by atoms with Crippen molar-refractivity contribution >= 4 is 29.5 Å². The van der Waals surface area contributed by atoms with E-state index in [0.29, 0.717) is 24.3 Å². The molecule has 0 atom stereocenters. The minimum atomic E-state index is -0.559. The largest absolute Gasteiger partial charge is 0.444 e. The summed E-state index contributed by atoms with van der Waals surface area (Å²) in [6.07, 6.45) is 1.14. The summed E-state index contributed by atoms with van der Waals surface area (Å²) in [5, 5.41) is 16.0. The molecule has 0 saturated carbocycles. The number of amides is 1. The normalized spacial score (nSPS) is 11.1. The molecule has 3 aromatic rings. The molecule has 2 heterocycles. The summed E-state index contributed by atoms with van der Waals surface area (Å²) in [4.78, 5) is 20.4. The van der Waals surface area contributed by atoms with Crippen LogP contribution in [0.4, 0.5) is 28.2 Å². The van der Waals surface area contributed by atoms with Crippen molar-refractivity contribution in [2.24, 2.45) is 0 Å². The minimum absolute atomic E-state index is 0.424. The topological polar surface area (TPSA) is 117 Å². The van der Waals surface area contributed by atoms with Crippen molar-refractivity contribution in [1.82, 2.24) is 20.2 Å². The molecule has 9 nitrogen and oxygen atoms in total. The van der Waals surface area contributed by atoms with Crippen LogP contribution in [0.25, 0.3) is 0 Å². The van der Waals surface area contributed by atoms with Gasteiger partial charge in [0.05, 0.1) is 0 Å². The first-order valence-electron chi connectivity index (χ1n) is 9.63. The second-order valence-corrected chi connectivity index (χ2v) is 8.04. The maximum absolute atomic E-state index is 11.8. The molecule has 2 aromatic heterocycles. The number of H-pyrrole nitrogens is 1. The molecule has 0 saturated heterocycles. The summed E-state index contributed by atoms with van der Waals surface area (Å²) in [5.74, 6) is 1.45. The number of rotatable bonds is 6. The number of hydrogen-bond acceptors (Lipinski definition) is 7. The van der Waals surface area contributed by atoms with Crippen molar-refractivity contribution in [2.75, 3.05) is 16.0 Å². The Hall–Kier alpha value is -3.62. The van der Waals surface area contributed by atoms with Crippen LogP contribution in [0.5, 0.6) is 0 Å². The number of ether oxygens (including phenoxy) is 1. The van der Waals surface area contributed by atoms with E-state index in [1.165, 1.54) is 11.1 Å². The monoisotopic (exact) mass is 409 g/mol. The lowest BCUT2D eigenvalue weighted by molar-refractivity contribution is 0.0635. The Bertz CT molecular complexity index is 987. The van der Waals surface area contributed by atoms with Crippen LogP contribution in [0.2, 0.25) is 0 Å². The predicted octanol–water partition coefficient (Wildman–Crippen LogP) is 4.52. The van der Waals surface area contributed by atoms with E-state index in [4.69, 9.17) is 4.74 Å². The first kappa shape index (κ1) is 21.1. The standard InChI is InChI=1S/C21H27N7O2/c1-13-8-14(2)10-16(9-13)24-19-26-18(27-28-19)23-12-15-6-7-17(22-11-15)25-20(29)30-21(3,4)5/h6-11H,12H2,1-5H3,(H,22,25,29)(H3,23,24,26,27,28). The van der Waals surface area contributed by atoms with Gasteiger partial charge in [-0.1, -0.05) is 12.1 Å². The van der Waals surface area contributed by atoms with Crippen molar-refractivity contribution in [3.05, 3.63) is 53.2 Å². The van der Waals surface area contributed by atoms with E-state index in [9.17, 15) is 4.79 Å². The number of aromatic nitrogens is 4. The summed E-state index contributed by atoms with van der Waals surface area (Å²) in [6.45, 7) is 10.0. The number of nitrogens with zero attached hydrogens (tertiary/aromatic N) is 3. The number of carbonyl (C=O) groups is 1. The molecule has 0 spiro atoms. The number of nitrogens with one attached hydrogen (secondary N) is 4. The fourth-order valence-electron chi connectivity index (χ4n) is 2.77. The Kier molecular flexibility index (Phi) is 6.20. The van der Waals surface area contributed by atoms with Gasteiger partial charge in [-0.25, -0.2) is 14.9 Å². The van der Waals surface area contributed by atoms with E-state index in [0.717, 1.165) is 11.3 Å². The van der Waals surface area contributed by atoms with Gasteiger partial charge in [0.1, 0.15) is 11.4 Å². The Balaban J connectivity index is 1.52.